The molecule has 1 saturated carbocycles. The van der Waals surface area contributed by atoms with Crippen molar-refractivity contribution in [3.05, 3.63) is 0 Å². The number of piperidine rings is 1. The van der Waals surface area contributed by atoms with Crippen molar-refractivity contribution in [3.8, 4) is 0 Å². The van der Waals surface area contributed by atoms with Crippen LogP contribution in [0.25, 0.3) is 0 Å². The summed E-state index contributed by atoms with van der Waals surface area (Å²) >= 11 is 0. The first kappa shape index (κ1) is 7.52. The molecule has 2 fully saturated rings. The molecule has 1 saturated heterocycles. The largest absolute Gasteiger partial charge is 0.315 e. The summed E-state index contributed by atoms with van der Waals surface area (Å²) in [5.74, 6) is 0.539. The van der Waals surface area contributed by atoms with Gasteiger partial charge < -0.3 is 5.32 Å². The van der Waals surface area contributed by atoms with Gasteiger partial charge in [0.15, 0.2) is 0 Å². The molecule has 5 heteroatoms. The summed E-state index contributed by atoms with van der Waals surface area (Å²) in [6, 6.07) is 0. The Balaban J connectivity index is 2.08. The third kappa shape index (κ3) is 1.28. The number of sulfonamides is 1. The molecule has 0 spiro atoms. The average molecular weight is 176 g/mol. The third-order valence-electron chi connectivity index (χ3n) is 2.45. The molecule has 2 atom stereocenters. The number of hydrogen-bond donors (Lipinski definition) is 2. The van der Waals surface area contributed by atoms with Crippen LogP contribution in [0.1, 0.15) is 6.42 Å². The Kier molecular flexibility index (Phi) is 1.34. The summed E-state index contributed by atoms with van der Waals surface area (Å²) in [6.45, 7) is 1.76. The van der Waals surface area contributed by atoms with Gasteiger partial charge in [-0.2, -0.15) is 0 Å². The molecule has 4 nitrogen and oxygen atoms in total. The number of rotatable bonds is 2. The van der Waals surface area contributed by atoms with Gasteiger partial charge in [-0.15, -0.1) is 0 Å². The van der Waals surface area contributed by atoms with Crippen LogP contribution in [0.2, 0.25) is 0 Å². The number of hydrogen-bond acceptors (Lipinski definition) is 3. The fourth-order valence-electron chi connectivity index (χ4n) is 1.86. The molecule has 0 amide bonds. The predicted octanol–water partition coefficient (Wildman–Crippen LogP) is -1.10. The van der Waals surface area contributed by atoms with Crippen LogP contribution in [0.3, 0.4) is 0 Å². The van der Waals surface area contributed by atoms with Gasteiger partial charge in [0.2, 0.25) is 10.0 Å². The molecule has 1 heterocycles. The predicted molar refractivity (Wildman–Crippen MR) is 41.7 cm³/mol. The lowest BCUT2D eigenvalue weighted by molar-refractivity contribution is 0.547. The molecule has 2 aliphatic rings. The second-order valence-corrected chi connectivity index (χ2v) is 5.31. The van der Waals surface area contributed by atoms with E-state index in [4.69, 9.17) is 0 Å². The maximum atomic E-state index is 10.9. The van der Waals surface area contributed by atoms with Crippen LogP contribution in [0, 0.1) is 5.92 Å². The molecule has 0 bridgehead atoms. The van der Waals surface area contributed by atoms with Crippen molar-refractivity contribution < 1.29 is 8.42 Å². The highest BCUT2D eigenvalue weighted by molar-refractivity contribution is 7.88. The molecular formula is C6H12N2O2S. The van der Waals surface area contributed by atoms with Crippen molar-refractivity contribution in [3.63, 3.8) is 0 Å². The van der Waals surface area contributed by atoms with E-state index in [-0.39, 0.29) is 5.54 Å². The molecule has 2 rings (SSSR count). The second-order valence-electron chi connectivity index (χ2n) is 3.56. The van der Waals surface area contributed by atoms with Crippen LogP contribution in [-0.4, -0.2) is 33.3 Å². The van der Waals surface area contributed by atoms with Gasteiger partial charge in [0.25, 0.3) is 0 Å². The van der Waals surface area contributed by atoms with Gasteiger partial charge >= 0.3 is 0 Å². The smallest absolute Gasteiger partial charge is 0.209 e. The van der Waals surface area contributed by atoms with Gasteiger partial charge in [-0.05, 0) is 18.9 Å². The fourth-order valence-corrected chi connectivity index (χ4v) is 2.93. The van der Waals surface area contributed by atoms with E-state index in [1.54, 1.807) is 0 Å². The first-order valence-corrected chi connectivity index (χ1v) is 5.61. The molecule has 0 aromatic rings. The second kappa shape index (κ2) is 1.97. The first-order valence-electron chi connectivity index (χ1n) is 3.72. The maximum absolute atomic E-state index is 10.9. The molecule has 64 valence electrons. The Morgan fingerprint density at radius 1 is 1.64 bits per heavy atom. The highest BCUT2D eigenvalue weighted by Gasteiger charge is 2.58. The zero-order valence-electron chi connectivity index (χ0n) is 6.42. The monoisotopic (exact) mass is 176 g/mol. The molecule has 2 N–H and O–H groups in total. The van der Waals surface area contributed by atoms with Crippen molar-refractivity contribution in [2.45, 2.75) is 12.0 Å². The Morgan fingerprint density at radius 2 is 2.36 bits per heavy atom. The highest BCUT2D eigenvalue weighted by atomic mass is 32.2. The van der Waals surface area contributed by atoms with E-state index in [0.717, 1.165) is 19.5 Å². The molecule has 1 aliphatic heterocycles. The SMILES string of the molecule is CS(=O)(=O)NC12CNCC1C2. The van der Waals surface area contributed by atoms with Crippen LogP contribution in [0.5, 0.6) is 0 Å². The Morgan fingerprint density at radius 3 is 2.73 bits per heavy atom. The van der Waals surface area contributed by atoms with Crippen LogP contribution in [-0.2, 0) is 10.0 Å². The molecule has 1 aliphatic carbocycles. The average Bonchev–Trinajstić information content (AvgIpc) is 2.30. The van der Waals surface area contributed by atoms with Crippen LogP contribution >= 0.6 is 0 Å². The van der Waals surface area contributed by atoms with E-state index in [0.29, 0.717) is 5.92 Å². The van der Waals surface area contributed by atoms with Crippen LogP contribution < -0.4 is 10.0 Å². The minimum absolute atomic E-state index is 0.104. The molecule has 0 aromatic heterocycles. The summed E-state index contributed by atoms with van der Waals surface area (Å²) < 4.78 is 24.4. The lowest BCUT2D eigenvalue weighted by atomic mass is 10.3. The maximum Gasteiger partial charge on any atom is 0.209 e. The third-order valence-corrected chi connectivity index (χ3v) is 3.23. The van der Waals surface area contributed by atoms with Crippen molar-refractivity contribution >= 4 is 10.0 Å². The highest BCUT2D eigenvalue weighted by Crippen LogP contribution is 2.46. The number of nitrogens with one attached hydrogen (secondary N) is 2. The van der Waals surface area contributed by atoms with Crippen molar-refractivity contribution in [2.75, 3.05) is 19.3 Å². The van der Waals surface area contributed by atoms with Crippen molar-refractivity contribution in [1.82, 2.24) is 10.0 Å². The zero-order valence-corrected chi connectivity index (χ0v) is 7.24. The van der Waals surface area contributed by atoms with E-state index in [1.807, 2.05) is 0 Å². The van der Waals surface area contributed by atoms with Crippen LogP contribution in [0.15, 0.2) is 0 Å². The molecule has 11 heavy (non-hydrogen) atoms. The van der Waals surface area contributed by atoms with Crippen molar-refractivity contribution in [1.29, 1.82) is 0 Å². The zero-order chi connectivity index (χ0) is 8.11. The van der Waals surface area contributed by atoms with Crippen molar-refractivity contribution in [2.24, 2.45) is 5.92 Å². The normalized spacial score (nSPS) is 42.1. The Hall–Kier alpha value is -0.130. The Bertz CT molecular complexity index is 274. The molecule has 0 aromatic carbocycles. The summed E-state index contributed by atoms with van der Waals surface area (Å²) in [7, 11) is -3.01. The molecular weight excluding hydrogens is 164 g/mol. The summed E-state index contributed by atoms with van der Waals surface area (Å²) in [5, 5.41) is 3.16. The summed E-state index contributed by atoms with van der Waals surface area (Å²) in [6.07, 6.45) is 2.22. The minimum Gasteiger partial charge on any atom is -0.315 e. The van der Waals surface area contributed by atoms with E-state index in [2.05, 4.69) is 10.0 Å². The standard InChI is InChI=1S/C6H12N2O2S/c1-11(9,10)8-6-2-5(6)3-7-4-6/h5,7-8H,2-4H2,1H3. The van der Waals surface area contributed by atoms with Gasteiger partial charge in [-0.25, -0.2) is 13.1 Å². The van der Waals surface area contributed by atoms with Crippen LogP contribution in [0.4, 0.5) is 0 Å². The van der Waals surface area contributed by atoms with Gasteiger partial charge in [-0.3, -0.25) is 0 Å². The van der Waals surface area contributed by atoms with E-state index >= 15 is 0 Å². The molecule has 2 unspecified atom stereocenters. The van der Waals surface area contributed by atoms with Gasteiger partial charge in [-0.1, -0.05) is 0 Å². The summed E-state index contributed by atoms with van der Waals surface area (Å²) in [5.41, 5.74) is -0.104. The van der Waals surface area contributed by atoms with E-state index in [9.17, 15) is 8.42 Å². The van der Waals surface area contributed by atoms with Gasteiger partial charge in [0.05, 0.1) is 6.26 Å². The van der Waals surface area contributed by atoms with E-state index < -0.39 is 10.0 Å². The number of fused-ring (bicyclic) bond motifs is 1. The first-order chi connectivity index (χ1) is 5.02. The molecule has 0 radical (unpaired) electrons. The topological polar surface area (TPSA) is 58.2 Å². The lowest BCUT2D eigenvalue weighted by Crippen LogP contribution is -2.40. The lowest BCUT2D eigenvalue weighted by Gasteiger charge is -2.11. The fraction of sp³-hybridized carbons (Fsp3) is 1.00. The quantitative estimate of drug-likeness (QED) is 0.561. The van der Waals surface area contributed by atoms with Gasteiger partial charge in [0, 0.05) is 12.1 Å². The van der Waals surface area contributed by atoms with Gasteiger partial charge in [0.1, 0.15) is 0 Å². The Labute approximate surface area is 66.4 Å². The summed E-state index contributed by atoms with van der Waals surface area (Å²) in [4.78, 5) is 0. The minimum atomic E-state index is -3.01. The van der Waals surface area contributed by atoms with E-state index in [1.165, 1.54) is 6.26 Å².